The summed E-state index contributed by atoms with van der Waals surface area (Å²) in [6, 6.07) is 8.86. The van der Waals surface area contributed by atoms with Crippen molar-refractivity contribution in [3.63, 3.8) is 0 Å². The van der Waals surface area contributed by atoms with Gasteiger partial charge in [0.25, 0.3) is 0 Å². The summed E-state index contributed by atoms with van der Waals surface area (Å²) >= 11 is 0. The zero-order valence-corrected chi connectivity index (χ0v) is 35.0. The number of Topliss-reactive ketones (excluding diaryl/α,β-unsaturated/α-hetero) is 1. The molecule has 4 aliphatic carbocycles. The number of hydrogen-bond acceptors (Lipinski definition) is 14. The molecule has 58 heavy (non-hydrogen) atoms. The van der Waals surface area contributed by atoms with E-state index in [1.165, 1.54) is 14.0 Å². The Morgan fingerprint density at radius 1 is 0.793 bits per heavy atom. The van der Waals surface area contributed by atoms with E-state index in [-0.39, 0.29) is 29.1 Å². The minimum Gasteiger partial charge on any atom is -0.458 e. The normalized spacial score (nSPS) is 49.4. The maximum absolute atomic E-state index is 14.0. The van der Waals surface area contributed by atoms with E-state index in [4.69, 9.17) is 42.6 Å². The van der Waals surface area contributed by atoms with Crippen LogP contribution in [0.15, 0.2) is 30.3 Å². The van der Waals surface area contributed by atoms with Gasteiger partial charge in [-0.1, -0.05) is 32.0 Å². The molecule has 2 spiro atoms. The number of fused-ring (bicyclic) bond motifs is 2. The first kappa shape index (κ1) is 42.2. The SMILES string of the molecule is CO[C@@H]1[C@H](O)[C@@H](C)OC(O[C@@H]2[C@@H](C)O[C@@H](OC3CCC4(C)C(CCC56OC57CCC(C(C)=O)C7(C)C(OC(C)=O)C(OC(=O)c5ccccc5)C46)C3)C[C@H]2OC)[C@@H]1O. The van der Waals surface area contributed by atoms with Gasteiger partial charge in [-0.3, -0.25) is 9.59 Å². The Balaban J connectivity index is 1.02. The fourth-order valence-corrected chi connectivity index (χ4v) is 13.1. The summed E-state index contributed by atoms with van der Waals surface area (Å²) < 4.78 is 56.6. The molecule has 11 unspecified atom stereocenters. The predicted octanol–water partition coefficient (Wildman–Crippen LogP) is 4.29. The topological polar surface area (TPSA) is 178 Å². The van der Waals surface area contributed by atoms with Gasteiger partial charge in [0, 0.05) is 44.8 Å². The first-order valence-electron chi connectivity index (χ1n) is 21.2. The average molecular weight is 815 g/mol. The number of methoxy groups -OCH3 is 2. The summed E-state index contributed by atoms with van der Waals surface area (Å²) in [5.41, 5.74) is -2.18. The number of carbonyl (C=O) groups is 3. The molecule has 7 fully saturated rings. The third kappa shape index (κ3) is 6.42. The standard InChI is InChI=1S/C44H62O14/c1-22(45)29-16-19-44-42(29,6)38(54-25(4)46)36(56-39(49)26-12-10-9-11-13-26)37-41(5)17-15-28(20-27(41)14-18-43(37,44)58-44)55-31-21-30(50-7)34(24(3)52-31)57-40-33(48)35(51-8)32(47)23(2)53-40/h9-13,23-24,27-38,40,47-48H,14-21H2,1-8H3/t23-,24-,27?,28?,29?,30-,31+,32-,33-,34-,35-,36?,37?,38?,40?,41?,42?,43?,44?/m1/s1. The van der Waals surface area contributed by atoms with Crippen LogP contribution in [0.4, 0.5) is 0 Å². The van der Waals surface area contributed by atoms with E-state index >= 15 is 0 Å². The Morgan fingerprint density at radius 2 is 1.53 bits per heavy atom. The second-order valence-electron chi connectivity index (χ2n) is 18.6. The average Bonchev–Trinajstić information content (AvgIpc) is 3.74. The second-order valence-corrected chi connectivity index (χ2v) is 18.6. The highest BCUT2D eigenvalue weighted by Crippen LogP contribution is 2.81. The Bertz CT molecular complexity index is 1710. The highest BCUT2D eigenvalue weighted by Gasteiger charge is 2.91. The van der Waals surface area contributed by atoms with Crippen LogP contribution in [0.1, 0.15) is 103 Å². The zero-order valence-electron chi connectivity index (χ0n) is 35.0. The Morgan fingerprint density at radius 3 is 2.21 bits per heavy atom. The van der Waals surface area contributed by atoms with Gasteiger partial charge < -0.3 is 52.8 Å². The molecule has 19 atom stereocenters. The summed E-state index contributed by atoms with van der Waals surface area (Å²) in [6.45, 7) is 10.9. The number of rotatable bonds is 10. The number of ether oxygens (including phenoxy) is 9. The maximum Gasteiger partial charge on any atom is 0.338 e. The van der Waals surface area contributed by atoms with Crippen LogP contribution in [0.5, 0.6) is 0 Å². The van der Waals surface area contributed by atoms with Crippen molar-refractivity contribution < 1.29 is 67.2 Å². The van der Waals surface area contributed by atoms with Crippen LogP contribution in [-0.4, -0.2) is 127 Å². The van der Waals surface area contributed by atoms with Gasteiger partial charge in [-0.05, 0) is 89.2 Å². The summed E-state index contributed by atoms with van der Waals surface area (Å²) in [7, 11) is 3.04. The monoisotopic (exact) mass is 814 g/mol. The van der Waals surface area contributed by atoms with Gasteiger partial charge in [0.2, 0.25) is 0 Å². The van der Waals surface area contributed by atoms with Crippen molar-refractivity contribution in [3.8, 4) is 0 Å². The number of epoxide rings is 1. The molecule has 0 aromatic heterocycles. The number of hydrogen-bond donors (Lipinski definition) is 2. The lowest BCUT2D eigenvalue weighted by Crippen LogP contribution is -2.70. The van der Waals surface area contributed by atoms with Crippen molar-refractivity contribution in [3.05, 3.63) is 35.9 Å². The number of carbonyl (C=O) groups excluding carboxylic acids is 3. The molecule has 8 rings (SSSR count). The molecule has 0 amide bonds. The molecule has 4 saturated carbocycles. The Hall–Kier alpha value is -2.53. The highest BCUT2D eigenvalue weighted by atomic mass is 16.7. The van der Waals surface area contributed by atoms with Crippen molar-refractivity contribution in [1.82, 2.24) is 0 Å². The van der Waals surface area contributed by atoms with Gasteiger partial charge in [0.15, 0.2) is 12.6 Å². The van der Waals surface area contributed by atoms with Gasteiger partial charge in [0.1, 0.15) is 53.6 Å². The fraction of sp³-hybridized carbons (Fsp3) is 0.795. The lowest BCUT2D eigenvalue weighted by Gasteiger charge is -2.61. The van der Waals surface area contributed by atoms with E-state index in [2.05, 4.69) is 6.92 Å². The van der Waals surface area contributed by atoms with Gasteiger partial charge in [-0.25, -0.2) is 4.79 Å². The summed E-state index contributed by atoms with van der Waals surface area (Å²) in [4.78, 5) is 40.3. The quantitative estimate of drug-likeness (QED) is 0.194. The lowest BCUT2D eigenvalue weighted by molar-refractivity contribution is -0.343. The third-order valence-corrected chi connectivity index (χ3v) is 15.8. The number of aliphatic hydroxyl groups is 2. The van der Waals surface area contributed by atoms with Crippen molar-refractivity contribution >= 4 is 17.7 Å². The van der Waals surface area contributed by atoms with E-state index < -0.39 is 102 Å². The number of aliphatic hydroxyl groups excluding tert-OH is 2. The van der Waals surface area contributed by atoms with Crippen LogP contribution >= 0.6 is 0 Å². The van der Waals surface area contributed by atoms with Gasteiger partial charge in [-0.2, -0.15) is 0 Å². The van der Waals surface area contributed by atoms with Crippen LogP contribution in [-0.2, 0) is 52.2 Å². The van der Waals surface area contributed by atoms with Crippen LogP contribution in [0.3, 0.4) is 0 Å². The van der Waals surface area contributed by atoms with Crippen molar-refractivity contribution in [2.24, 2.45) is 28.6 Å². The van der Waals surface area contributed by atoms with Crippen molar-refractivity contribution in [1.29, 1.82) is 0 Å². The van der Waals surface area contributed by atoms with E-state index in [9.17, 15) is 24.6 Å². The molecule has 3 heterocycles. The second kappa shape index (κ2) is 15.4. The molecule has 3 saturated heterocycles. The zero-order chi connectivity index (χ0) is 41.5. The molecule has 14 heteroatoms. The minimum absolute atomic E-state index is 0.0215. The largest absolute Gasteiger partial charge is 0.458 e. The molecular weight excluding hydrogens is 752 g/mol. The summed E-state index contributed by atoms with van der Waals surface area (Å²) in [5, 5.41) is 21.4. The molecule has 14 nitrogen and oxygen atoms in total. The van der Waals surface area contributed by atoms with E-state index in [1.807, 2.05) is 19.9 Å². The van der Waals surface area contributed by atoms with E-state index in [0.717, 1.165) is 25.7 Å². The highest BCUT2D eigenvalue weighted by molar-refractivity contribution is 5.89. The van der Waals surface area contributed by atoms with Crippen molar-refractivity contribution in [2.75, 3.05) is 14.2 Å². The summed E-state index contributed by atoms with van der Waals surface area (Å²) in [6.07, 6.45) is -3.22. The minimum atomic E-state index is -1.22. The smallest absolute Gasteiger partial charge is 0.338 e. The van der Waals surface area contributed by atoms with Crippen LogP contribution in [0, 0.1) is 28.6 Å². The van der Waals surface area contributed by atoms with Crippen LogP contribution in [0.25, 0.3) is 0 Å². The van der Waals surface area contributed by atoms with E-state index in [1.54, 1.807) is 45.2 Å². The molecule has 0 radical (unpaired) electrons. The molecule has 0 bridgehead atoms. The first-order valence-corrected chi connectivity index (χ1v) is 21.2. The molecule has 7 aliphatic rings. The van der Waals surface area contributed by atoms with Gasteiger partial charge in [-0.15, -0.1) is 0 Å². The van der Waals surface area contributed by atoms with Crippen LogP contribution < -0.4 is 0 Å². The summed E-state index contributed by atoms with van der Waals surface area (Å²) in [5.74, 6) is -1.51. The number of ketones is 1. The fourth-order valence-electron chi connectivity index (χ4n) is 13.1. The predicted molar refractivity (Wildman–Crippen MR) is 204 cm³/mol. The number of esters is 2. The third-order valence-electron chi connectivity index (χ3n) is 15.8. The molecule has 3 aliphatic heterocycles. The van der Waals surface area contributed by atoms with Gasteiger partial charge >= 0.3 is 11.9 Å². The molecule has 2 N–H and O–H groups in total. The van der Waals surface area contributed by atoms with Crippen LogP contribution in [0.2, 0.25) is 0 Å². The van der Waals surface area contributed by atoms with Crippen molar-refractivity contribution in [2.45, 2.75) is 178 Å². The molecular formula is C44H62O14. The molecule has 1 aromatic rings. The number of benzene rings is 1. The van der Waals surface area contributed by atoms with Gasteiger partial charge in [0.05, 0.1) is 30.0 Å². The molecule has 322 valence electrons. The Kier molecular flexibility index (Phi) is 11.2. The Labute approximate surface area is 340 Å². The lowest BCUT2D eigenvalue weighted by atomic mass is 9.43. The van der Waals surface area contributed by atoms with E-state index in [0.29, 0.717) is 31.2 Å². The first-order chi connectivity index (χ1) is 27.5. The molecule has 1 aromatic carbocycles. The maximum atomic E-state index is 14.0.